The predicted octanol–water partition coefficient (Wildman–Crippen LogP) is 3.13. The molecule has 0 aromatic carbocycles. The second-order valence-electron chi connectivity index (χ2n) is 3.17. The van der Waals surface area contributed by atoms with E-state index in [9.17, 15) is 4.79 Å². The van der Waals surface area contributed by atoms with Gasteiger partial charge in [0.2, 0.25) is 0 Å². The van der Waals surface area contributed by atoms with Crippen molar-refractivity contribution in [2.45, 2.75) is 12.8 Å². The summed E-state index contributed by atoms with van der Waals surface area (Å²) in [5.41, 5.74) is 3.04. The summed E-state index contributed by atoms with van der Waals surface area (Å²) in [6, 6.07) is 0. The average molecular weight is 186 g/mol. The van der Waals surface area contributed by atoms with Gasteiger partial charge in [-0.2, -0.15) is 0 Å². The van der Waals surface area contributed by atoms with Gasteiger partial charge in [-0.25, -0.2) is 0 Å². The highest BCUT2D eigenvalue weighted by atomic mass is 16.1. The van der Waals surface area contributed by atoms with Crippen molar-refractivity contribution < 1.29 is 4.79 Å². The van der Waals surface area contributed by atoms with Gasteiger partial charge >= 0.3 is 0 Å². The van der Waals surface area contributed by atoms with E-state index in [2.05, 4.69) is 13.2 Å². The van der Waals surface area contributed by atoms with Crippen LogP contribution in [-0.2, 0) is 4.79 Å². The van der Waals surface area contributed by atoms with E-state index in [1.807, 2.05) is 24.3 Å². The van der Waals surface area contributed by atoms with Gasteiger partial charge in [0.1, 0.15) is 6.29 Å². The number of carbonyl (C=O) groups excluding carboxylic acids is 1. The average Bonchev–Trinajstić information content (AvgIpc) is 2.26. The van der Waals surface area contributed by atoms with E-state index >= 15 is 0 Å². The van der Waals surface area contributed by atoms with Crippen LogP contribution in [0.5, 0.6) is 0 Å². The van der Waals surface area contributed by atoms with E-state index in [0.29, 0.717) is 0 Å². The van der Waals surface area contributed by atoms with Crippen LogP contribution < -0.4 is 0 Å². The Morgan fingerprint density at radius 2 is 2.14 bits per heavy atom. The summed E-state index contributed by atoms with van der Waals surface area (Å²) < 4.78 is 0. The van der Waals surface area contributed by atoms with Crippen LogP contribution in [0.15, 0.2) is 60.3 Å². The molecule has 0 spiro atoms. The number of carbonyl (C=O) groups is 1. The molecule has 0 aliphatic heterocycles. The maximum atomic E-state index is 10.5. The number of rotatable bonds is 4. The first-order valence-electron chi connectivity index (χ1n) is 4.61. The SMILES string of the molecule is C=CC=CC(=C)C1=CC=C(C=O)CC1. The minimum atomic E-state index is 0.816. The lowest BCUT2D eigenvalue weighted by molar-refractivity contribution is -0.105. The zero-order valence-corrected chi connectivity index (χ0v) is 8.20. The number of hydrogen-bond donors (Lipinski definition) is 0. The third-order valence-corrected chi connectivity index (χ3v) is 2.18. The molecule has 1 aliphatic rings. The molecule has 0 saturated heterocycles. The molecule has 1 rings (SSSR count). The van der Waals surface area contributed by atoms with Crippen LogP contribution in [0, 0.1) is 0 Å². The van der Waals surface area contributed by atoms with Gasteiger partial charge in [0, 0.05) is 0 Å². The van der Waals surface area contributed by atoms with E-state index in [1.165, 1.54) is 5.57 Å². The number of hydrogen-bond acceptors (Lipinski definition) is 1. The maximum absolute atomic E-state index is 10.5. The highest BCUT2D eigenvalue weighted by molar-refractivity contribution is 5.74. The molecular formula is C13H14O. The minimum absolute atomic E-state index is 0.816. The van der Waals surface area contributed by atoms with Gasteiger partial charge in [0.15, 0.2) is 0 Å². The Balaban J connectivity index is 2.72. The number of aldehydes is 1. The fourth-order valence-corrected chi connectivity index (χ4v) is 1.31. The van der Waals surface area contributed by atoms with Gasteiger partial charge in [0.25, 0.3) is 0 Å². The van der Waals surface area contributed by atoms with E-state index in [-0.39, 0.29) is 0 Å². The lowest BCUT2D eigenvalue weighted by Gasteiger charge is -2.11. The van der Waals surface area contributed by atoms with E-state index < -0.39 is 0 Å². The highest BCUT2D eigenvalue weighted by Gasteiger charge is 2.06. The van der Waals surface area contributed by atoms with Gasteiger partial charge in [-0.15, -0.1) is 0 Å². The smallest absolute Gasteiger partial charge is 0.146 e. The first kappa shape index (κ1) is 10.5. The normalized spacial score (nSPS) is 16.0. The fourth-order valence-electron chi connectivity index (χ4n) is 1.31. The minimum Gasteiger partial charge on any atom is -0.298 e. The van der Waals surface area contributed by atoms with Gasteiger partial charge in [-0.05, 0) is 29.6 Å². The van der Waals surface area contributed by atoms with E-state index in [4.69, 9.17) is 0 Å². The molecule has 0 fully saturated rings. The zero-order valence-electron chi connectivity index (χ0n) is 8.20. The second kappa shape index (κ2) is 5.18. The Labute approximate surface area is 84.8 Å². The Bertz CT molecular complexity index is 340. The molecule has 0 unspecified atom stereocenters. The van der Waals surface area contributed by atoms with Crippen LogP contribution in [-0.4, -0.2) is 6.29 Å². The van der Waals surface area contributed by atoms with Crippen LogP contribution in [0.25, 0.3) is 0 Å². The largest absolute Gasteiger partial charge is 0.298 e. The van der Waals surface area contributed by atoms with Crippen LogP contribution in [0.2, 0.25) is 0 Å². The molecular weight excluding hydrogens is 172 g/mol. The molecule has 72 valence electrons. The van der Waals surface area contributed by atoms with Crippen LogP contribution >= 0.6 is 0 Å². The van der Waals surface area contributed by atoms with Crippen molar-refractivity contribution in [2.24, 2.45) is 0 Å². The molecule has 0 heterocycles. The summed E-state index contributed by atoms with van der Waals surface area (Å²) in [6.45, 7) is 7.54. The topological polar surface area (TPSA) is 17.1 Å². The zero-order chi connectivity index (χ0) is 10.4. The van der Waals surface area contributed by atoms with Crippen LogP contribution in [0.4, 0.5) is 0 Å². The summed E-state index contributed by atoms with van der Waals surface area (Å²) in [5.74, 6) is 0. The molecule has 1 aliphatic carbocycles. The summed E-state index contributed by atoms with van der Waals surface area (Å²) in [4.78, 5) is 10.5. The summed E-state index contributed by atoms with van der Waals surface area (Å²) in [6.07, 6.45) is 12.0. The molecule has 0 atom stereocenters. The van der Waals surface area contributed by atoms with Gasteiger partial charge in [-0.3, -0.25) is 4.79 Å². The molecule has 0 N–H and O–H groups in total. The third-order valence-electron chi connectivity index (χ3n) is 2.18. The Hall–Kier alpha value is -1.63. The lowest BCUT2D eigenvalue weighted by atomic mass is 9.94. The number of allylic oxidation sites excluding steroid dienone is 8. The predicted molar refractivity (Wildman–Crippen MR) is 59.9 cm³/mol. The Kier molecular flexibility index (Phi) is 3.86. The third kappa shape index (κ3) is 2.70. The molecule has 14 heavy (non-hydrogen) atoms. The van der Waals surface area contributed by atoms with Crippen molar-refractivity contribution in [3.05, 3.63) is 60.3 Å². The molecule has 0 amide bonds. The first-order valence-corrected chi connectivity index (χ1v) is 4.61. The maximum Gasteiger partial charge on any atom is 0.146 e. The molecule has 1 heteroatoms. The molecule has 0 bridgehead atoms. The first-order chi connectivity index (χ1) is 6.77. The summed E-state index contributed by atoms with van der Waals surface area (Å²) in [5, 5.41) is 0. The van der Waals surface area contributed by atoms with Crippen LogP contribution in [0.3, 0.4) is 0 Å². The van der Waals surface area contributed by atoms with E-state index in [1.54, 1.807) is 6.08 Å². The van der Waals surface area contributed by atoms with Crippen molar-refractivity contribution in [1.29, 1.82) is 0 Å². The highest BCUT2D eigenvalue weighted by Crippen LogP contribution is 2.22. The van der Waals surface area contributed by atoms with Crippen molar-refractivity contribution in [1.82, 2.24) is 0 Å². The Morgan fingerprint density at radius 1 is 1.36 bits per heavy atom. The lowest BCUT2D eigenvalue weighted by Crippen LogP contribution is -1.95. The van der Waals surface area contributed by atoms with Crippen molar-refractivity contribution in [2.75, 3.05) is 0 Å². The molecule has 1 nitrogen and oxygen atoms in total. The van der Waals surface area contributed by atoms with Gasteiger partial charge < -0.3 is 0 Å². The van der Waals surface area contributed by atoms with Crippen molar-refractivity contribution in [3.8, 4) is 0 Å². The molecule has 0 aromatic rings. The quantitative estimate of drug-likeness (QED) is 0.487. The van der Waals surface area contributed by atoms with Crippen molar-refractivity contribution in [3.63, 3.8) is 0 Å². The second-order valence-corrected chi connectivity index (χ2v) is 3.17. The Morgan fingerprint density at radius 3 is 2.64 bits per heavy atom. The monoisotopic (exact) mass is 186 g/mol. The fraction of sp³-hybridized carbons (Fsp3) is 0.154. The summed E-state index contributed by atoms with van der Waals surface area (Å²) >= 11 is 0. The summed E-state index contributed by atoms with van der Waals surface area (Å²) in [7, 11) is 0. The van der Waals surface area contributed by atoms with Gasteiger partial charge in [-0.1, -0.05) is 43.5 Å². The van der Waals surface area contributed by atoms with Crippen LogP contribution in [0.1, 0.15) is 12.8 Å². The molecule has 0 aromatic heterocycles. The van der Waals surface area contributed by atoms with Gasteiger partial charge in [0.05, 0.1) is 0 Å². The molecule has 0 saturated carbocycles. The van der Waals surface area contributed by atoms with E-state index in [0.717, 1.165) is 30.3 Å². The van der Waals surface area contributed by atoms with Crippen molar-refractivity contribution >= 4 is 6.29 Å². The standard InChI is InChI=1S/C13H14O/c1-3-4-5-11(2)13-8-6-12(10-14)7-9-13/h3-6,8,10H,1-2,7,9H2. The molecule has 0 radical (unpaired) electrons.